The van der Waals surface area contributed by atoms with Crippen LogP contribution in [0.25, 0.3) is 0 Å². The standard InChI is InChI=1S/C15H18F2N4O2/c1-3-14(23)4-5-15(16,17)12-10-7-20(13(18)22)9(2)6-11(10)19-21(12)8-14/h1,9,23H,4-8H2,2H3,(H2,18,22). The number of aromatic nitrogens is 2. The lowest BCUT2D eigenvalue weighted by Gasteiger charge is -2.32. The zero-order valence-electron chi connectivity index (χ0n) is 12.7. The van der Waals surface area contributed by atoms with Crippen molar-refractivity contribution in [1.82, 2.24) is 14.7 Å². The van der Waals surface area contributed by atoms with Gasteiger partial charge in [0.2, 0.25) is 0 Å². The molecule has 3 N–H and O–H groups in total. The van der Waals surface area contributed by atoms with E-state index in [1.807, 2.05) is 0 Å². The van der Waals surface area contributed by atoms with Gasteiger partial charge < -0.3 is 15.7 Å². The summed E-state index contributed by atoms with van der Waals surface area (Å²) in [6.07, 6.45) is 4.85. The van der Waals surface area contributed by atoms with Gasteiger partial charge in [-0.25, -0.2) is 4.79 Å². The monoisotopic (exact) mass is 324 g/mol. The Bertz CT molecular complexity index is 709. The number of hydrogen-bond donors (Lipinski definition) is 2. The summed E-state index contributed by atoms with van der Waals surface area (Å²) < 4.78 is 30.3. The number of fused-ring (bicyclic) bond motifs is 3. The van der Waals surface area contributed by atoms with E-state index in [-0.39, 0.29) is 31.2 Å². The van der Waals surface area contributed by atoms with Crippen LogP contribution in [0.15, 0.2) is 0 Å². The van der Waals surface area contributed by atoms with Crippen LogP contribution in [0.2, 0.25) is 0 Å². The molecule has 0 fully saturated rings. The molecule has 124 valence electrons. The fourth-order valence-corrected chi connectivity index (χ4v) is 3.34. The number of nitrogens with zero attached hydrogens (tertiary/aromatic N) is 3. The molecule has 23 heavy (non-hydrogen) atoms. The van der Waals surface area contributed by atoms with Gasteiger partial charge in [-0.1, -0.05) is 5.92 Å². The molecule has 3 rings (SSSR count). The molecule has 6 nitrogen and oxygen atoms in total. The lowest BCUT2D eigenvalue weighted by molar-refractivity contribution is -0.0301. The maximum absolute atomic E-state index is 14.6. The van der Waals surface area contributed by atoms with E-state index < -0.39 is 24.0 Å². The summed E-state index contributed by atoms with van der Waals surface area (Å²) in [6.45, 7) is 1.59. The molecule has 0 radical (unpaired) electrons. The predicted octanol–water partition coefficient (Wildman–Crippen LogP) is 0.958. The van der Waals surface area contributed by atoms with Crippen molar-refractivity contribution in [1.29, 1.82) is 0 Å². The van der Waals surface area contributed by atoms with Crippen LogP contribution in [0, 0.1) is 12.3 Å². The van der Waals surface area contributed by atoms with Gasteiger partial charge >= 0.3 is 6.03 Å². The molecule has 2 aliphatic rings. The van der Waals surface area contributed by atoms with Gasteiger partial charge in [-0.05, 0) is 13.3 Å². The van der Waals surface area contributed by atoms with Crippen LogP contribution >= 0.6 is 0 Å². The van der Waals surface area contributed by atoms with E-state index in [9.17, 15) is 18.7 Å². The highest BCUT2D eigenvalue weighted by molar-refractivity contribution is 5.73. The Morgan fingerprint density at radius 3 is 2.83 bits per heavy atom. The summed E-state index contributed by atoms with van der Waals surface area (Å²) in [7, 11) is 0. The van der Waals surface area contributed by atoms with Gasteiger partial charge in [-0.15, -0.1) is 6.42 Å². The molecule has 2 aliphatic heterocycles. The number of nitrogens with two attached hydrogens (primary N) is 1. The number of urea groups is 1. The van der Waals surface area contributed by atoms with Crippen molar-refractivity contribution < 1.29 is 18.7 Å². The normalized spacial score (nSPS) is 29.2. The molecule has 1 aromatic heterocycles. The average Bonchev–Trinajstić information content (AvgIpc) is 2.76. The summed E-state index contributed by atoms with van der Waals surface area (Å²) >= 11 is 0. The molecule has 1 aromatic rings. The van der Waals surface area contributed by atoms with Crippen LogP contribution in [-0.4, -0.2) is 37.5 Å². The SMILES string of the molecule is C#CC1(O)CCC(F)(F)c2c3c(nn2C1)CC(C)N(C(N)=O)C3. The second kappa shape index (κ2) is 4.93. The van der Waals surface area contributed by atoms with E-state index in [1.165, 1.54) is 4.90 Å². The molecule has 0 saturated heterocycles. The molecular formula is C15H18F2N4O2. The molecule has 2 atom stereocenters. The Morgan fingerprint density at radius 1 is 1.52 bits per heavy atom. The van der Waals surface area contributed by atoms with E-state index in [4.69, 9.17) is 12.2 Å². The number of hydrogen-bond acceptors (Lipinski definition) is 3. The summed E-state index contributed by atoms with van der Waals surface area (Å²) in [5, 5.41) is 14.5. The van der Waals surface area contributed by atoms with Crippen molar-refractivity contribution in [2.45, 2.75) is 56.8 Å². The zero-order valence-corrected chi connectivity index (χ0v) is 12.7. The Balaban J connectivity index is 2.12. The lowest BCUT2D eigenvalue weighted by atomic mass is 9.94. The number of amides is 2. The third-order valence-electron chi connectivity index (χ3n) is 4.65. The fraction of sp³-hybridized carbons (Fsp3) is 0.600. The molecule has 0 spiro atoms. The maximum atomic E-state index is 14.6. The van der Waals surface area contributed by atoms with E-state index >= 15 is 0 Å². The van der Waals surface area contributed by atoms with Gasteiger partial charge in [0.1, 0.15) is 11.3 Å². The minimum Gasteiger partial charge on any atom is -0.376 e. The predicted molar refractivity (Wildman–Crippen MR) is 77.4 cm³/mol. The summed E-state index contributed by atoms with van der Waals surface area (Å²) in [5.74, 6) is -0.983. The highest BCUT2D eigenvalue weighted by atomic mass is 19.3. The van der Waals surface area contributed by atoms with E-state index in [1.54, 1.807) is 6.92 Å². The molecule has 0 aliphatic carbocycles. The fourth-order valence-electron chi connectivity index (χ4n) is 3.34. The van der Waals surface area contributed by atoms with E-state index in [2.05, 4.69) is 11.0 Å². The van der Waals surface area contributed by atoms with Crippen molar-refractivity contribution in [2.75, 3.05) is 0 Å². The smallest absolute Gasteiger partial charge is 0.315 e. The Labute approximate surface area is 132 Å². The van der Waals surface area contributed by atoms with Gasteiger partial charge in [-0.3, -0.25) is 4.68 Å². The van der Waals surface area contributed by atoms with Crippen molar-refractivity contribution >= 4 is 6.03 Å². The minimum absolute atomic E-state index is 0.00869. The summed E-state index contributed by atoms with van der Waals surface area (Å²) in [4.78, 5) is 12.9. The molecule has 0 saturated carbocycles. The van der Waals surface area contributed by atoms with Crippen LogP contribution in [0.4, 0.5) is 13.6 Å². The number of aliphatic hydroxyl groups is 1. The van der Waals surface area contributed by atoms with Crippen molar-refractivity contribution in [2.24, 2.45) is 5.73 Å². The molecule has 2 amide bonds. The number of alkyl halides is 2. The number of terminal acetylenes is 1. The first-order valence-corrected chi connectivity index (χ1v) is 7.40. The zero-order chi connectivity index (χ0) is 17.0. The van der Waals surface area contributed by atoms with Crippen LogP contribution in [-0.2, 0) is 25.4 Å². The highest BCUT2D eigenvalue weighted by Crippen LogP contribution is 2.42. The highest BCUT2D eigenvalue weighted by Gasteiger charge is 2.47. The quantitative estimate of drug-likeness (QED) is 0.697. The van der Waals surface area contributed by atoms with Gasteiger partial charge in [0, 0.05) is 24.4 Å². The number of carbonyl (C=O) groups is 1. The minimum atomic E-state index is -3.17. The Hall–Kier alpha value is -2.14. The van der Waals surface area contributed by atoms with E-state index in [0.717, 1.165) is 4.68 Å². The summed E-state index contributed by atoms with van der Waals surface area (Å²) in [5.41, 5.74) is 4.23. The second-order valence-electron chi connectivity index (χ2n) is 6.33. The number of carbonyl (C=O) groups excluding carboxylic acids is 1. The molecule has 0 bridgehead atoms. The van der Waals surface area contributed by atoms with Gasteiger partial charge in [0.25, 0.3) is 5.92 Å². The van der Waals surface area contributed by atoms with Gasteiger partial charge in [0.15, 0.2) is 0 Å². The van der Waals surface area contributed by atoms with Crippen LogP contribution in [0.1, 0.15) is 36.7 Å². The second-order valence-corrected chi connectivity index (χ2v) is 6.33. The van der Waals surface area contributed by atoms with Crippen LogP contribution in [0.3, 0.4) is 0 Å². The van der Waals surface area contributed by atoms with E-state index in [0.29, 0.717) is 17.7 Å². The first-order valence-electron chi connectivity index (χ1n) is 7.40. The summed E-state index contributed by atoms with van der Waals surface area (Å²) in [6, 6.07) is -0.876. The molecule has 3 heterocycles. The third kappa shape index (κ3) is 2.45. The molecule has 8 heteroatoms. The molecule has 2 unspecified atom stereocenters. The average molecular weight is 324 g/mol. The van der Waals surface area contributed by atoms with Crippen molar-refractivity contribution in [3.63, 3.8) is 0 Å². The van der Waals surface area contributed by atoms with Crippen molar-refractivity contribution in [3.05, 3.63) is 17.0 Å². The van der Waals surface area contributed by atoms with Crippen LogP contribution < -0.4 is 5.73 Å². The number of rotatable bonds is 0. The topological polar surface area (TPSA) is 84.4 Å². The van der Waals surface area contributed by atoms with Gasteiger partial charge in [-0.2, -0.15) is 13.9 Å². The first-order chi connectivity index (χ1) is 10.7. The molecular weight excluding hydrogens is 306 g/mol. The van der Waals surface area contributed by atoms with Gasteiger partial charge in [0.05, 0.1) is 18.8 Å². The van der Waals surface area contributed by atoms with Crippen molar-refractivity contribution in [3.8, 4) is 12.3 Å². The largest absolute Gasteiger partial charge is 0.376 e. The Kier molecular flexibility index (Phi) is 3.37. The first kappa shape index (κ1) is 15.7. The third-order valence-corrected chi connectivity index (χ3v) is 4.65. The maximum Gasteiger partial charge on any atom is 0.315 e. The van der Waals surface area contributed by atoms with Crippen LogP contribution in [0.5, 0.6) is 0 Å². The Morgan fingerprint density at radius 2 is 2.22 bits per heavy atom. The number of halogens is 2. The lowest BCUT2D eigenvalue weighted by Crippen LogP contribution is -2.45. The number of primary amides is 1. The molecule has 0 aromatic carbocycles.